The predicted molar refractivity (Wildman–Crippen MR) is 82.5 cm³/mol. The lowest BCUT2D eigenvalue weighted by Gasteiger charge is -2.32. The van der Waals surface area contributed by atoms with E-state index < -0.39 is 21.2 Å². The van der Waals surface area contributed by atoms with Gasteiger partial charge in [-0.3, -0.25) is 4.90 Å². The second-order valence-electron chi connectivity index (χ2n) is 5.39. The van der Waals surface area contributed by atoms with Crippen LogP contribution in [-0.4, -0.2) is 47.8 Å². The summed E-state index contributed by atoms with van der Waals surface area (Å²) in [5.41, 5.74) is 0.166. The van der Waals surface area contributed by atoms with E-state index in [4.69, 9.17) is 5.11 Å². The number of aromatic carboxylic acids is 1. The molecule has 7 heteroatoms. The minimum Gasteiger partial charge on any atom is -0.477 e. The number of piperidine rings is 1. The van der Waals surface area contributed by atoms with Crippen LogP contribution in [0.3, 0.4) is 0 Å². The van der Waals surface area contributed by atoms with Crippen LogP contribution < -0.4 is 0 Å². The number of sulfone groups is 1. The second-order valence-corrected chi connectivity index (χ2v) is 7.35. The summed E-state index contributed by atoms with van der Waals surface area (Å²) >= 11 is 0. The molecule has 120 valence electrons. The summed E-state index contributed by atoms with van der Waals surface area (Å²) < 4.78 is 25.8. The Kier molecular flexibility index (Phi) is 4.97. The molecule has 1 aromatic rings. The zero-order valence-electron chi connectivity index (χ0n) is 12.5. The number of nitrogens with zero attached hydrogens (tertiary/aromatic N) is 2. The summed E-state index contributed by atoms with van der Waals surface area (Å²) in [4.78, 5) is 16.8. The van der Waals surface area contributed by atoms with Crippen LogP contribution in [0.15, 0.2) is 29.8 Å². The van der Waals surface area contributed by atoms with Gasteiger partial charge in [0.15, 0.2) is 5.03 Å². The normalized spacial score (nSPS) is 17.9. The van der Waals surface area contributed by atoms with Crippen molar-refractivity contribution < 1.29 is 18.3 Å². The smallest absolute Gasteiger partial charge is 0.354 e. The summed E-state index contributed by atoms with van der Waals surface area (Å²) in [5.74, 6) is -1.25. The highest BCUT2D eigenvalue weighted by atomic mass is 32.2. The highest BCUT2D eigenvalue weighted by Gasteiger charge is 2.33. The molecule has 1 unspecified atom stereocenters. The Morgan fingerprint density at radius 1 is 1.36 bits per heavy atom. The molecule has 2 heterocycles. The molecule has 1 N–H and O–H groups in total. The largest absolute Gasteiger partial charge is 0.477 e. The summed E-state index contributed by atoms with van der Waals surface area (Å²) in [5, 5.41) is 7.97. The molecule has 22 heavy (non-hydrogen) atoms. The van der Waals surface area contributed by atoms with Gasteiger partial charge in [0.25, 0.3) is 0 Å². The van der Waals surface area contributed by atoms with Crippen molar-refractivity contribution in [3.8, 4) is 0 Å². The first-order valence-corrected chi connectivity index (χ1v) is 8.74. The van der Waals surface area contributed by atoms with Crippen LogP contribution >= 0.6 is 0 Å². The van der Waals surface area contributed by atoms with Crippen molar-refractivity contribution in [2.24, 2.45) is 0 Å². The zero-order chi connectivity index (χ0) is 16.3. The standard InChI is InChI=1S/C15H20N2O4S/c1-3-13(17-9-5-4-6-10-17)22(20,21)14-11(2)7-8-12(16-14)15(18)19/h3,7-8,13H,1,4-6,9-10H2,2H3,(H,18,19). The number of aryl methyl sites for hydroxylation is 1. The quantitative estimate of drug-likeness (QED) is 0.832. The van der Waals surface area contributed by atoms with E-state index in [2.05, 4.69) is 11.6 Å². The first kappa shape index (κ1) is 16.6. The van der Waals surface area contributed by atoms with Gasteiger partial charge in [-0.1, -0.05) is 18.6 Å². The zero-order valence-corrected chi connectivity index (χ0v) is 13.3. The minimum absolute atomic E-state index is 0.178. The first-order valence-electron chi connectivity index (χ1n) is 7.19. The number of rotatable bonds is 5. The summed E-state index contributed by atoms with van der Waals surface area (Å²) in [6, 6.07) is 2.78. The van der Waals surface area contributed by atoms with Crippen LogP contribution in [0.1, 0.15) is 35.3 Å². The molecule has 2 rings (SSSR count). The number of aromatic nitrogens is 1. The van der Waals surface area contributed by atoms with Crippen molar-refractivity contribution in [1.29, 1.82) is 0 Å². The van der Waals surface area contributed by atoms with E-state index in [-0.39, 0.29) is 10.7 Å². The molecule has 0 saturated carbocycles. The van der Waals surface area contributed by atoms with E-state index in [0.29, 0.717) is 18.7 Å². The highest BCUT2D eigenvalue weighted by Crippen LogP contribution is 2.24. The van der Waals surface area contributed by atoms with Gasteiger partial charge in [-0.2, -0.15) is 0 Å². The van der Waals surface area contributed by atoms with E-state index in [0.717, 1.165) is 19.3 Å². The summed E-state index contributed by atoms with van der Waals surface area (Å²) in [6.45, 7) is 6.64. The lowest BCUT2D eigenvalue weighted by atomic mass is 10.1. The molecule has 6 nitrogen and oxygen atoms in total. The monoisotopic (exact) mass is 324 g/mol. The highest BCUT2D eigenvalue weighted by molar-refractivity contribution is 7.92. The maximum atomic E-state index is 12.9. The van der Waals surface area contributed by atoms with Crippen molar-refractivity contribution in [2.45, 2.75) is 36.6 Å². The van der Waals surface area contributed by atoms with E-state index in [1.165, 1.54) is 18.2 Å². The number of carboxylic acids is 1. The molecule has 1 saturated heterocycles. The Balaban J connectivity index is 2.45. The van der Waals surface area contributed by atoms with Gasteiger partial charge in [0.05, 0.1) is 0 Å². The van der Waals surface area contributed by atoms with Crippen molar-refractivity contribution >= 4 is 15.8 Å². The third kappa shape index (κ3) is 3.20. The van der Waals surface area contributed by atoms with Crippen LogP contribution in [0.25, 0.3) is 0 Å². The van der Waals surface area contributed by atoms with Gasteiger partial charge in [-0.05, 0) is 44.5 Å². The Bertz CT molecular complexity index is 679. The van der Waals surface area contributed by atoms with Gasteiger partial charge < -0.3 is 5.11 Å². The van der Waals surface area contributed by atoms with Crippen molar-refractivity contribution in [3.63, 3.8) is 0 Å². The van der Waals surface area contributed by atoms with E-state index in [1.807, 2.05) is 4.90 Å². The van der Waals surface area contributed by atoms with Gasteiger partial charge in [0.2, 0.25) is 9.84 Å². The molecule has 1 aliphatic heterocycles. The molecule has 1 atom stereocenters. The second kappa shape index (κ2) is 6.58. The third-order valence-electron chi connectivity index (χ3n) is 3.81. The molecule has 0 aromatic carbocycles. The number of likely N-dealkylation sites (tertiary alicyclic amines) is 1. The van der Waals surface area contributed by atoms with Crippen molar-refractivity contribution in [2.75, 3.05) is 13.1 Å². The van der Waals surface area contributed by atoms with Crippen molar-refractivity contribution in [1.82, 2.24) is 9.88 Å². The maximum absolute atomic E-state index is 12.9. The molecule has 1 aromatic heterocycles. The molecular weight excluding hydrogens is 304 g/mol. The average Bonchev–Trinajstić information content (AvgIpc) is 2.48. The van der Waals surface area contributed by atoms with Crippen molar-refractivity contribution in [3.05, 3.63) is 36.0 Å². The average molecular weight is 324 g/mol. The number of carboxylic acid groups (broad SMARTS) is 1. The van der Waals surface area contributed by atoms with Crippen LogP contribution in [0.5, 0.6) is 0 Å². The van der Waals surface area contributed by atoms with Crippen LogP contribution in [-0.2, 0) is 9.84 Å². The van der Waals surface area contributed by atoms with Gasteiger partial charge in [0.1, 0.15) is 11.1 Å². The van der Waals surface area contributed by atoms with Gasteiger partial charge in [0, 0.05) is 0 Å². The topological polar surface area (TPSA) is 87.6 Å². The Morgan fingerprint density at radius 3 is 2.55 bits per heavy atom. The molecule has 0 spiro atoms. The number of hydrogen-bond donors (Lipinski definition) is 1. The Morgan fingerprint density at radius 2 is 2.00 bits per heavy atom. The molecular formula is C15H20N2O4S. The van der Waals surface area contributed by atoms with Gasteiger partial charge in [-0.25, -0.2) is 18.2 Å². The van der Waals surface area contributed by atoms with E-state index in [9.17, 15) is 13.2 Å². The molecule has 1 aliphatic rings. The molecule has 1 fully saturated rings. The van der Waals surface area contributed by atoms with Crippen LogP contribution in [0, 0.1) is 6.92 Å². The fourth-order valence-corrected chi connectivity index (χ4v) is 4.50. The van der Waals surface area contributed by atoms with E-state index in [1.54, 1.807) is 6.92 Å². The fourth-order valence-electron chi connectivity index (χ4n) is 2.68. The van der Waals surface area contributed by atoms with E-state index >= 15 is 0 Å². The number of carbonyl (C=O) groups is 1. The Hall–Kier alpha value is -1.73. The van der Waals surface area contributed by atoms with Crippen LogP contribution in [0.4, 0.5) is 0 Å². The third-order valence-corrected chi connectivity index (χ3v) is 5.89. The fraction of sp³-hybridized carbons (Fsp3) is 0.467. The molecule has 0 radical (unpaired) electrons. The predicted octanol–water partition coefficient (Wildman–Crippen LogP) is 1.86. The lowest BCUT2D eigenvalue weighted by molar-refractivity contribution is 0.0689. The molecule has 0 aliphatic carbocycles. The molecule has 0 amide bonds. The van der Waals surface area contributed by atoms with Gasteiger partial charge >= 0.3 is 5.97 Å². The maximum Gasteiger partial charge on any atom is 0.354 e. The van der Waals surface area contributed by atoms with Crippen LogP contribution in [0.2, 0.25) is 0 Å². The number of hydrogen-bond acceptors (Lipinski definition) is 5. The summed E-state index contributed by atoms with van der Waals surface area (Å²) in [7, 11) is -3.80. The SMILES string of the molecule is C=CC(N1CCCCC1)S(=O)(=O)c1nc(C(=O)O)ccc1C. The first-order chi connectivity index (χ1) is 10.4. The minimum atomic E-state index is -3.80. The van der Waals surface area contributed by atoms with Gasteiger partial charge in [-0.15, -0.1) is 6.58 Å². The Labute approximate surface area is 130 Å². The molecule has 0 bridgehead atoms. The summed E-state index contributed by atoms with van der Waals surface area (Å²) in [6.07, 6.45) is 4.38. The lowest BCUT2D eigenvalue weighted by Crippen LogP contribution is -2.43. The number of pyridine rings is 1.